The number of methoxy groups -OCH3 is 2. The van der Waals surface area contributed by atoms with Gasteiger partial charge in [0, 0.05) is 25.7 Å². The minimum Gasteiger partial charge on any atom is -0.469 e. The molecule has 0 heterocycles. The van der Waals surface area contributed by atoms with Gasteiger partial charge in [0.05, 0.1) is 14.2 Å². The highest BCUT2D eigenvalue weighted by molar-refractivity contribution is 5.80. The van der Waals surface area contributed by atoms with Crippen molar-refractivity contribution in [2.45, 2.75) is 39.0 Å². The van der Waals surface area contributed by atoms with Crippen LogP contribution in [0.3, 0.4) is 0 Å². The van der Waals surface area contributed by atoms with Crippen LogP contribution in [0.2, 0.25) is 0 Å². The van der Waals surface area contributed by atoms with Gasteiger partial charge < -0.3 is 9.47 Å². The van der Waals surface area contributed by atoms with Crippen molar-refractivity contribution < 1.29 is 23.9 Å². The van der Waals surface area contributed by atoms with Gasteiger partial charge in [-0.2, -0.15) is 0 Å². The summed E-state index contributed by atoms with van der Waals surface area (Å²) < 4.78 is 9.07. The Morgan fingerprint density at radius 1 is 0.941 bits per heavy atom. The van der Waals surface area contributed by atoms with E-state index in [1.165, 1.54) is 14.2 Å². The van der Waals surface area contributed by atoms with E-state index in [9.17, 15) is 14.4 Å². The lowest BCUT2D eigenvalue weighted by molar-refractivity contribution is -0.144. The van der Waals surface area contributed by atoms with Crippen LogP contribution in [0.25, 0.3) is 0 Å². The van der Waals surface area contributed by atoms with Crippen molar-refractivity contribution >= 4 is 17.7 Å². The van der Waals surface area contributed by atoms with Gasteiger partial charge in [-0.15, -0.1) is 0 Å². The summed E-state index contributed by atoms with van der Waals surface area (Å²) in [5.41, 5.74) is 0. The Morgan fingerprint density at radius 2 is 1.41 bits per heavy atom. The van der Waals surface area contributed by atoms with Crippen molar-refractivity contribution in [2.75, 3.05) is 14.2 Å². The molecule has 0 aromatic heterocycles. The second kappa shape index (κ2) is 8.73. The number of hydrogen-bond acceptors (Lipinski definition) is 5. The van der Waals surface area contributed by atoms with Gasteiger partial charge in [-0.3, -0.25) is 14.4 Å². The first-order valence-corrected chi connectivity index (χ1v) is 5.68. The topological polar surface area (TPSA) is 69.7 Å². The molecular formula is C12H20O5. The maximum Gasteiger partial charge on any atom is 0.305 e. The number of hydrogen-bond donors (Lipinski definition) is 0. The Morgan fingerprint density at radius 3 is 1.76 bits per heavy atom. The van der Waals surface area contributed by atoms with Crippen LogP contribution in [0.15, 0.2) is 0 Å². The highest BCUT2D eigenvalue weighted by Crippen LogP contribution is 2.17. The van der Waals surface area contributed by atoms with Crippen molar-refractivity contribution in [1.29, 1.82) is 0 Å². The summed E-state index contributed by atoms with van der Waals surface area (Å²) in [5, 5.41) is 0. The molecule has 0 unspecified atom stereocenters. The van der Waals surface area contributed by atoms with E-state index in [1.54, 1.807) is 0 Å². The second-order valence-electron chi connectivity index (χ2n) is 3.92. The number of Topliss-reactive ketones (excluding diaryl/α,β-unsaturated/α-hetero) is 1. The van der Waals surface area contributed by atoms with Crippen molar-refractivity contribution in [3.8, 4) is 0 Å². The van der Waals surface area contributed by atoms with Crippen molar-refractivity contribution in [3.05, 3.63) is 0 Å². The highest BCUT2D eigenvalue weighted by Gasteiger charge is 2.21. The fourth-order valence-corrected chi connectivity index (χ4v) is 1.56. The molecule has 0 saturated carbocycles. The van der Waals surface area contributed by atoms with E-state index < -0.39 is 11.9 Å². The van der Waals surface area contributed by atoms with E-state index in [1.807, 2.05) is 6.92 Å². The summed E-state index contributed by atoms with van der Waals surface area (Å²) in [6, 6.07) is 0. The van der Waals surface area contributed by atoms with Crippen LogP contribution < -0.4 is 0 Å². The molecule has 98 valence electrons. The van der Waals surface area contributed by atoms with Gasteiger partial charge in [0.15, 0.2) is 0 Å². The van der Waals surface area contributed by atoms with Gasteiger partial charge in [-0.25, -0.2) is 0 Å². The van der Waals surface area contributed by atoms with Crippen LogP contribution in [-0.4, -0.2) is 31.9 Å². The molecule has 0 atom stereocenters. The van der Waals surface area contributed by atoms with Crippen molar-refractivity contribution in [1.82, 2.24) is 0 Å². The van der Waals surface area contributed by atoms with E-state index in [0.717, 1.165) is 6.42 Å². The molecule has 5 nitrogen and oxygen atoms in total. The first-order chi connectivity index (χ1) is 8.03. The number of ether oxygens (including phenoxy) is 2. The Kier molecular flexibility index (Phi) is 8.01. The summed E-state index contributed by atoms with van der Waals surface area (Å²) >= 11 is 0. The predicted molar refractivity (Wildman–Crippen MR) is 61.3 cm³/mol. The van der Waals surface area contributed by atoms with E-state index >= 15 is 0 Å². The monoisotopic (exact) mass is 244 g/mol. The summed E-state index contributed by atoms with van der Waals surface area (Å²) in [7, 11) is 2.57. The number of carbonyl (C=O) groups is 3. The van der Waals surface area contributed by atoms with Gasteiger partial charge in [-0.1, -0.05) is 6.92 Å². The third-order valence-electron chi connectivity index (χ3n) is 2.41. The third-order valence-corrected chi connectivity index (χ3v) is 2.41. The molecule has 0 aliphatic carbocycles. The van der Waals surface area contributed by atoms with E-state index in [4.69, 9.17) is 0 Å². The molecular weight excluding hydrogens is 224 g/mol. The average molecular weight is 244 g/mol. The van der Waals surface area contributed by atoms with Crippen LogP contribution in [0.1, 0.15) is 39.0 Å². The molecule has 0 N–H and O–H groups in total. The Hall–Kier alpha value is -1.39. The van der Waals surface area contributed by atoms with E-state index in [0.29, 0.717) is 6.42 Å². The number of carbonyl (C=O) groups excluding carboxylic acids is 3. The van der Waals surface area contributed by atoms with Crippen molar-refractivity contribution in [2.24, 2.45) is 5.92 Å². The van der Waals surface area contributed by atoms with E-state index in [-0.39, 0.29) is 31.0 Å². The normalized spacial score (nSPS) is 10.1. The van der Waals surface area contributed by atoms with Crippen molar-refractivity contribution in [3.63, 3.8) is 0 Å². The summed E-state index contributed by atoms with van der Waals surface area (Å²) in [6.07, 6.45) is 1.60. The maximum atomic E-state index is 11.5. The zero-order valence-corrected chi connectivity index (χ0v) is 10.7. The number of rotatable bonds is 8. The fourth-order valence-electron chi connectivity index (χ4n) is 1.56. The lowest BCUT2D eigenvalue weighted by Gasteiger charge is -2.13. The first-order valence-electron chi connectivity index (χ1n) is 5.68. The second-order valence-corrected chi connectivity index (χ2v) is 3.92. The average Bonchev–Trinajstić information content (AvgIpc) is 2.28. The molecule has 0 saturated heterocycles. The van der Waals surface area contributed by atoms with Gasteiger partial charge in [0.25, 0.3) is 0 Å². The zero-order valence-electron chi connectivity index (χ0n) is 10.7. The maximum absolute atomic E-state index is 11.5. The molecule has 0 amide bonds. The zero-order chi connectivity index (χ0) is 13.3. The fraction of sp³-hybridized carbons (Fsp3) is 0.750. The van der Waals surface area contributed by atoms with Crippen LogP contribution in [0.4, 0.5) is 0 Å². The lowest BCUT2D eigenvalue weighted by atomic mass is 9.94. The first kappa shape index (κ1) is 15.6. The molecule has 17 heavy (non-hydrogen) atoms. The molecule has 0 radical (unpaired) electrons. The molecule has 0 aliphatic heterocycles. The van der Waals surface area contributed by atoms with Crippen LogP contribution >= 0.6 is 0 Å². The number of ketones is 1. The lowest BCUT2D eigenvalue weighted by Crippen LogP contribution is -2.18. The Balaban J connectivity index is 4.33. The van der Waals surface area contributed by atoms with Crippen LogP contribution in [0.5, 0.6) is 0 Å². The SMILES string of the molecule is CCCC(=O)CC(CC(=O)OC)CC(=O)OC. The minimum atomic E-state index is -0.414. The van der Waals surface area contributed by atoms with Gasteiger partial charge >= 0.3 is 11.9 Å². The molecule has 0 fully saturated rings. The molecule has 0 aromatic rings. The van der Waals surface area contributed by atoms with Gasteiger partial charge in [0.2, 0.25) is 0 Å². The quantitative estimate of drug-likeness (QED) is 0.605. The highest BCUT2D eigenvalue weighted by atomic mass is 16.5. The molecule has 0 spiro atoms. The van der Waals surface area contributed by atoms with Gasteiger partial charge in [0.1, 0.15) is 5.78 Å². The van der Waals surface area contributed by atoms with Gasteiger partial charge in [-0.05, 0) is 12.3 Å². The molecule has 0 rings (SSSR count). The Bertz CT molecular complexity index is 254. The third kappa shape index (κ3) is 7.49. The standard InChI is InChI=1S/C12H20O5/c1-4-5-10(13)6-9(7-11(14)16-2)8-12(15)17-3/h9H,4-8H2,1-3H3. The number of esters is 2. The predicted octanol–water partition coefficient (Wildman–Crippen LogP) is 1.49. The van der Waals surface area contributed by atoms with Crippen LogP contribution in [0, 0.1) is 5.92 Å². The smallest absolute Gasteiger partial charge is 0.305 e. The molecule has 0 aliphatic rings. The molecule has 0 bridgehead atoms. The summed E-state index contributed by atoms with van der Waals surface area (Å²) in [5.74, 6) is -1.09. The van der Waals surface area contributed by atoms with E-state index in [2.05, 4.69) is 9.47 Å². The van der Waals surface area contributed by atoms with Crippen LogP contribution in [-0.2, 0) is 23.9 Å². The minimum absolute atomic E-state index is 0.0605. The largest absolute Gasteiger partial charge is 0.469 e. The Labute approximate surface area is 101 Å². The summed E-state index contributed by atoms with van der Waals surface area (Å²) in [6.45, 7) is 1.91. The molecule has 0 aromatic carbocycles. The summed E-state index contributed by atoms with van der Waals surface area (Å²) in [4.78, 5) is 33.8. The molecule has 5 heteroatoms.